The second-order valence-corrected chi connectivity index (χ2v) is 8.87. The molecule has 1 saturated heterocycles. The van der Waals surface area contributed by atoms with Gasteiger partial charge in [-0.1, -0.05) is 18.2 Å². The number of rotatable bonds is 2. The highest BCUT2D eigenvalue weighted by atomic mass is 35.5. The summed E-state index contributed by atoms with van der Waals surface area (Å²) in [6.45, 7) is 0. The lowest BCUT2D eigenvalue weighted by molar-refractivity contribution is 0.583. The maximum absolute atomic E-state index is 12.2. The standard InChI is InChI=1S/C10H11ClO4S2/c11-9-6-16(12,13)7-10(9)17(14,15)8-4-2-1-3-5-8/h1-5,9-10H,6-7H2/t9-,10-/m0/s1. The van der Waals surface area contributed by atoms with E-state index in [4.69, 9.17) is 11.6 Å². The zero-order chi connectivity index (χ0) is 12.7. The first-order valence-corrected chi connectivity index (χ1v) is 8.77. The Labute approximate surface area is 105 Å². The van der Waals surface area contributed by atoms with Crippen LogP contribution in [0.15, 0.2) is 35.2 Å². The summed E-state index contributed by atoms with van der Waals surface area (Å²) in [5.41, 5.74) is 0. The molecule has 1 aromatic rings. The molecule has 0 amide bonds. The highest BCUT2D eigenvalue weighted by Crippen LogP contribution is 2.28. The van der Waals surface area contributed by atoms with Crippen LogP contribution in [0.25, 0.3) is 0 Å². The van der Waals surface area contributed by atoms with Crippen LogP contribution in [0.3, 0.4) is 0 Å². The van der Waals surface area contributed by atoms with E-state index in [1.54, 1.807) is 18.2 Å². The van der Waals surface area contributed by atoms with Crippen LogP contribution in [-0.4, -0.2) is 39.0 Å². The van der Waals surface area contributed by atoms with Crippen LogP contribution in [0.2, 0.25) is 0 Å². The number of hydrogen-bond donors (Lipinski definition) is 0. The fraction of sp³-hybridized carbons (Fsp3) is 0.400. The van der Waals surface area contributed by atoms with Crippen LogP contribution in [0.4, 0.5) is 0 Å². The molecule has 0 saturated carbocycles. The van der Waals surface area contributed by atoms with E-state index in [-0.39, 0.29) is 10.6 Å². The van der Waals surface area contributed by atoms with E-state index >= 15 is 0 Å². The lowest BCUT2D eigenvalue weighted by Crippen LogP contribution is -2.29. The molecule has 1 fully saturated rings. The Morgan fingerprint density at radius 1 is 1.12 bits per heavy atom. The van der Waals surface area contributed by atoms with Crippen molar-refractivity contribution in [3.05, 3.63) is 30.3 Å². The summed E-state index contributed by atoms with van der Waals surface area (Å²) in [5, 5.41) is -1.92. The summed E-state index contributed by atoms with van der Waals surface area (Å²) < 4.78 is 47.1. The molecule has 2 atom stereocenters. The number of benzene rings is 1. The van der Waals surface area contributed by atoms with Gasteiger partial charge in [0, 0.05) is 0 Å². The van der Waals surface area contributed by atoms with Gasteiger partial charge in [-0.2, -0.15) is 0 Å². The number of hydrogen-bond acceptors (Lipinski definition) is 4. The third-order valence-electron chi connectivity index (χ3n) is 2.71. The zero-order valence-electron chi connectivity index (χ0n) is 8.78. The Balaban J connectivity index is 2.42. The lowest BCUT2D eigenvalue weighted by atomic mass is 10.4. The predicted octanol–water partition coefficient (Wildman–Crippen LogP) is 0.865. The van der Waals surface area contributed by atoms with Gasteiger partial charge in [-0.25, -0.2) is 16.8 Å². The van der Waals surface area contributed by atoms with Gasteiger partial charge in [0.1, 0.15) is 0 Å². The summed E-state index contributed by atoms with van der Waals surface area (Å²) >= 11 is 5.84. The van der Waals surface area contributed by atoms with Crippen molar-refractivity contribution >= 4 is 31.3 Å². The van der Waals surface area contributed by atoms with E-state index in [0.29, 0.717) is 0 Å². The smallest absolute Gasteiger partial charge is 0.183 e. The average Bonchev–Trinajstić information content (AvgIpc) is 2.54. The summed E-state index contributed by atoms with van der Waals surface area (Å²) in [4.78, 5) is 0.118. The number of sulfone groups is 2. The van der Waals surface area contributed by atoms with Gasteiger partial charge in [-0.05, 0) is 12.1 Å². The zero-order valence-corrected chi connectivity index (χ0v) is 11.2. The Morgan fingerprint density at radius 3 is 2.18 bits per heavy atom. The van der Waals surface area contributed by atoms with Gasteiger partial charge in [0.05, 0.1) is 27.0 Å². The van der Waals surface area contributed by atoms with Crippen molar-refractivity contribution < 1.29 is 16.8 Å². The Hall–Kier alpha value is -0.590. The molecule has 0 spiro atoms. The lowest BCUT2D eigenvalue weighted by Gasteiger charge is -2.13. The molecule has 4 nitrogen and oxygen atoms in total. The van der Waals surface area contributed by atoms with Crippen molar-refractivity contribution in [3.63, 3.8) is 0 Å². The largest absolute Gasteiger partial charge is 0.229 e. The van der Waals surface area contributed by atoms with E-state index in [2.05, 4.69) is 0 Å². The van der Waals surface area contributed by atoms with Crippen molar-refractivity contribution in [3.8, 4) is 0 Å². The fourth-order valence-electron chi connectivity index (χ4n) is 1.84. The van der Waals surface area contributed by atoms with Crippen LogP contribution in [0, 0.1) is 0 Å². The van der Waals surface area contributed by atoms with E-state index in [1.807, 2.05) is 0 Å². The molecule has 94 valence electrons. The van der Waals surface area contributed by atoms with Crippen LogP contribution in [0.1, 0.15) is 0 Å². The third-order valence-corrected chi connectivity index (χ3v) is 7.66. The molecule has 1 aromatic carbocycles. The second-order valence-electron chi connectivity index (χ2n) is 3.99. The SMILES string of the molecule is O=S1(=O)C[C@H](Cl)[C@@H](S(=O)(=O)c2ccccc2)C1. The second kappa shape index (κ2) is 4.26. The molecule has 17 heavy (non-hydrogen) atoms. The van der Waals surface area contributed by atoms with E-state index in [1.165, 1.54) is 12.1 Å². The molecule has 1 aliphatic rings. The van der Waals surface area contributed by atoms with Crippen molar-refractivity contribution in [2.75, 3.05) is 11.5 Å². The molecule has 2 rings (SSSR count). The van der Waals surface area contributed by atoms with E-state index < -0.39 is 36.1 Å². The van der Waals surface area contributed by atoms with Crippen molar-refractivity contribution in [2.24, 2.45) is 0 Å². The first-order chi connectivity index (χ1) is 7.83. The Bertz CT molecular complexity index is 607. The quantitative estimate of drug-likeness (QED) is 0.759. The minimum Gasteiger partial charge on any atom is -0.229 e. The molecule has 7 heteroatoms. The van der Waals surface area contributed by atoms with Gasteiger partial charge < -0.3 is 0 Å². The predicted molar refractivity (Wildman–Crippen MR) is 65.7 cm³/mol. The summed E-state index contributed by atoms with van der Waals surface area (Å²) in [6, 6.07) is 7.79. The molecule has 1 aliphatic heterocycles. The normalized spacial score (nSPS) is 28.1. The topological polar surface area (TPSA) is 68.3 Å². The molecule has 0 radical (unpaired) electrons. The van der Waals surface area contributed by atoms with Gasteiger partial charge in [0.25, 0.3) is 0 Å². The highest BCUT2D eigenvalue weighted by molar-refractivity contribution is 7.96. The van der Waals surface area contributed by atoms with Crippen molar-refractivity contribution in [1.29, 1.82) is 0 Å². The first-order valence-electron chi connectivity index (χ1n) is 4.96. The van der Waals surface area contributed by atoms with Gasteiger partial charge >= 0.3 is 0 Å². The number of alkyl halides is 1. The van der Waals surface area contributed by atoms with E-state index in [0.717, 1.165) is 0 Å². The van der Waals surface area contributed by atoms with Crippen LogP contribution >= 0.6 is 11.6 Å². The third kappa shape index (κ3) is 2.48. The highest BCUT2D eigenvalue weighted by Gasteiger charge is 2.44. The summed E-state index contributed by atoms with van der Waals surface area (Å²) in [6.07, 6.45) is 0. The summed E-state index contributed by atoms with van der Waals surface area (Å²) in [7, 11) is -7.02. The minimum absolute atomic E-state index is 0.118. The van der Waals surface area contributed by atoms with Crippen LogP contribution in [0.5, 0.6) is 0 Å². The maximum atomic E-state index is 12.2. The average molecular weight is 295 g/mol. The molecule has 0 unspecified atom stereocenters. The molecule has 0 aromatic heterocycles. The molecule has 1 heterocycles. The van der Waals surface area contributed by atoms with Gasteiger partial charge in [0.15, 0.2) is 19.7 Å². The Kier molecular flexibility index (Phi) is 3.22. The summed E-state index contributed by atoms with van der Waals surface area (Å²) in [5.74, 6) is -0.663. The number of halogens is 1. The monoisotopic (exact) mass is 294 g/mol. The molecule has 0 bridgehead atoms. The van der Waals surface area contributed by atoms with Crippen LogP contribution < -0.4 is 0 Å². The fourth-order valence-corrected chi connectivity index (χ4v) is 7.44. The van der Waals surface area contributed by atoms with E-state index in [9.17, 15) is 16.8 Å². The first kappa shape index (κ1) is 12.9. The van der Waals surface area contributed by atoms with Crippen molar-refractivity contribution in [1.82, 2.24) is 0 Å². The minimum atomic E-state index is -3.67. The maximum Gasteiger partial charge on any atom is 0.183 e. The molecular formula is C10H11ClO4S2. The van der Waals surface area contributed by atoms with Gasteiger partial charge in [-0.3, -0.25) is 0 Å². The van der Waals surface area contributed by atoms with Crippen molar-refractivity contribution in [2.45, 2.75) is 15.5 Å². The Morgan fingerprint density at radius 2 is 1.71 bits per heavy atom. The molecular weight excluding hydrogens is 284 g/mol. The molecule has 0 N–H and O–H groups in total. The van der Waals surface area contributed by atoms with Gasteiger partial charge in [0.2, 0.25) is 0 Å². The van der Waals surface area contributed by atoms with Gasteiger partial charge in [-0.15, -0.1) is 11.6 Å². The van der Waals surface area contributed by atoms with Crippen LogP contribution in [-0.2, 0) is 19.7 Å². The molecule has 0 aliphatic carbocycles.